The lowest BCUT2D eigenvalue weighted by Crippen LogP contribution is -2.34. The summed E-state index contributed by atoms with van der Waals surface area (Å²) >= 11 is 0. The number of rotatable bonds is 5. The number of hydrogen-bond acceptors (Lipinski definition) is 1. The first-order valence-corrected chi connectivity index (χ1v) is 7.02. The molecule has 2 rings (SSSR count). The van der Waals surface area contributed by atoms with Crippen LogP contribution in [0.5, 0.6) is 0 Å². The van der Waals surface area contributed by atoms with Crippen molar-refractivity contribution in [1.29, 1.82) is 0 Å². The Kier molecular flexibility index (Phi) is 4.54. The van der Waals surface area contributed by atoms with Crippen molar-refractivity contribution in [2.45, 2.75) is 44.8 Å². The van der Waals surface area contributed by atoms with E-state index in [4.69, 9.17) is 0 Å². The number of carbonyl (C=O) groups excluding carboxylic acids is 1. The Morgan fingerprint density at radius 3 is 2.52 bits per heavy atom. The van der Waals surface area contributed by atoms with Gasteiger partial charge in [0.05, 0.1) is 11.1 Å². The molecule has 116 valence electrons. The topological polar surface area (TPSA) is 20.3 Å². The predicted octanol–water partition coefficient (Wildman–Crippen LogP) is 4.25. The van der Waals surface area contributed by atoms with Gasteiger partial charge in [-0.15, -0.1) is 0 Å². The molecule has 0 N–H and O–H groups in total. The zero-order valence-electron chi connectivity index (χ0n) is 11.7. The molecule has 1 amide bonds. The van der Waals surface area contributed by atoms with Crippen LogP contribution in [0.1, 0.15) is 48.5 Å². The third-order valence-corrected chi connectivity index (χ3v) is 3.53. The Balaban J connectivity index is 2.28. The lowest BCUT2D eigenvalue weighted by atomic mass is 10.1. The summed E-state index contributed by atoms with van der Waals surface area (Å²) in [4.78, 5) is 13.9. The van der Waals surface area contributed by atoms with E-state index in [0.717, 1.165) is 25.7 Å². The van der Waals surface area contributed by atoms with Gasteiger partial charge in [0.2, 0.25) is 0 Å². The summed E-state index contributed by atoms with van der Waals surface area (Å²) in [5, 5.41) is 0. The number of halogens is 4. The number of carbonyl (C=O) groups is 1. The summed E-state index contributed by atoms with van der Waals surface area (Å²) in [5.41, 5.74) is -1.49. The summed E-state index contributed by atoms with van der Waals surface area (Å²) in [6.07, 6.45) is -1.31. The van der Waals surface area contributed by atoms with E-state index in [1.807, 2.05) is 6.92 Å². The molecule has 1 fully saturated rings. The van der Waals surface area contributed by atoms with Crippen molar-refractivity contribution in [2.24, 2.45) is 0 Å². The quantitative estimate of drug-likeness (QED) is 0.745. The Bertz CT molecular complexity index is 523. The first-order chi connectivity index (χ1) is 9.84. The predicted molar refractivity (Wildman–Crippen MR) is 70.4 cm³/mol. The number of amides is 1. The fourth-order valence-corrected chi connectivity index (χ4v) is 2.18. The van der Waals surface area contributed by atoms with Gasteiger partial charge in [-0.1, -0.05) is 13.3 Å². The summed E-state index contributed by atoms with van der Waals surface area (Å²) in [5.74, 6) is -1.55. The number of unbranched alkanes of at least 4 members (excludes halogenated alkanes) is 1. The van der Waals surface area contributed by atoms with Crippen LogP contribution in [0.15, 0.2) is 18.2 Å². The van der Waals surface area contributed by atoms with Gasteiger partial charge in [0.25, 0.3) is 5.91 Å². The average Bonchev–Trinajstić information content (AvgIpc) is 3.22. The molecule has 2 nitrogen and oxygen atoms in total. The molecule has 1 aromatic carbocycles. The molecule has 0 unspecified atom stereocenters. The number of nitrogens with zero attached hydrogens (tertiary/aromatic N) is 1. The van der Waals surface area contributed by atoms with Gasteiger partial charge < -0.3 is 4.90 Å². The molecular weight excluding hydrogens is 286 g/mol. The number of benzene rings is 1. The second-order valence-corrected chi connectivity index (χ2v) is 5.28. The van der Waals surface area contributed by atoms with Crippen LogP contribution in [0.3, 0.4) is 0 Å². The highest BCUT2D eigenvalue weighted by atomic mass is 19.4. The lowest BCUT2D eigenvalue weighted by Gasteiger charge is -2.23. The fraction of sp³-hybridized carbons (Fsp3) is 0.533. The zero-order valence-corrected chi connectivity index (χ0v) is 11.7. The Hall–Kier alpha value is -1.59. The van der Waals surface area contributed by atoms with Crippen LogP contribution in [0.25, 0.3) is 0 Å². The van der Waals surface area contributed by atoms with Crippen LogP contribution < -0.4 is 0 Å². The van der Waals surface area contributed by atoms with Crippen LogP contribution in [0.2, 0.25) is 0 Å². The van der Waals surface area contributed by atoms with E-state index >= 15 is 0 Å². The zero-order chi connectivity index (χ0) is 15.6. The number of hydrogen-bond donors (Lipinski definition) is 0. The Morgan fingerprint density at radius 2 is 2.00 bits per heavy atom. The molecular formula is C15H17F4NO. The van der Waals surface area contributed by atoms with Crippen LogP contribution >= 0.6 is 0 Å². The van der Waals surface area contributed by atoms with Crippen molar-refractivity contribution in [3.63, 3.8) is 0 Å². The van der Waals surface area contributed by atoms with Crippen LogP contribution in [-0.4, -0.2) is 23.4 Å². The Morgan fingerprint density at radius 1 is 1.33 bits per heavy atom. The number of alkyl halides is 3. The second kappa shape index (κ2) is 6.03. The summed E-state index contributed by atoms with van der Waals surface area (Å²) in [6.45, 7) is 2.41. The molecule has 0 heterocycles. The third kappa shape index (κ3) is 3.74. The van der Waals surface area contributed by atoms with Gasteiger partial charge in [-0.25, -0.2) is 4.39 Å². The maximum atomic E-state index is 13.8. The van der Waals surface area contributed by atoms with Crippen molar-refractivity contribution in [2.75, 3.05) is 6.54 Å². The van der Waals surface area contributed by atoms with Gasteiger partial charge in [0.1, 0.15) is 5.82 Å². The molecule has 0 aliphatic heterocycles. The van der Waals surface area contributed by atoms with Gasteiger partial charge in [-0.3, -0.25) is 4.79 Å². The molecule has 1 aliphatic carbocycles. The second-order valence-electron chi connectivity index (χ2n) is 5.28. The minimum atomic E-state index is -4.59. The van der Waals surface area contributed by atoms with E-state index < -0.39 is 29.0 Å². The van der Waals surface area contributed by atoms with E-state index in [1.165, 1.54) is 4.90 Å². The molecule has 1 aromatic rings. The molecule has 0 bridgehead atoms. The maximum Gasteiger partial charge on any atom is 0.416 e. The first-order valence-electron chi connectivity index (χ1n) is 7.02. The van der Waals surface area contributed by atoms with E-state index in [0.29, 0.717) is 24.7 Å². The van der Waals surface area contributed by atoms with E-state index in [2.05, 4.69) is 0 Å². The fourth-order valence-electron chi connectivity index (χ4n) is 2.18. The average molecular weight is 303 g/mol. The largest absolute Gasteiger partial charge is 0.416 e. The lowest BCUT2D eigenvalue weighted by molar-refractivity contribution is -0.137. The smallest absolute Gasteiger partial charge is 0.336 e. The highest BCUT2D eigenvalue weighted by molar-refractivity contribution is 5.95. The Labute approximate surface area is 120 Å². The monoisotopic (exact) mass is 303 g/mol. The van der Waals surface area contributed by atoms with Gasteiger partial charge >= 0.3 is 6.18 Å². The van der Waals surface area contributed by atoms with Crippen molar-refractivity contribution in [1.82, 2.24) is 4.90 Å². The third-order valence-electron chi connectivity index (χ3n) is 3.53. The maximum absolute atomic E-state index is 13.8. The van der Waals surface area contributed by atoms with E-state index in [-0.39, 0.29) is 6.04 Å². The summed E-state index contributed by atoms with van der Waals surface area (Å²) in [6, 6.07) is 2.01. The van der Waals surface area contributed by atoms with Gasteiger partial charge in [-0.05, 0) is 37.5 Å². The van der Waals surface area contributed by atoms with Gasteiger partial charge in [-0.2, -0.15) is 13.2 Å². The molecule has 6 heteroatoms. The minimum Gasteiger partial charge on any atom is -0.336 e. The molecule has 1 aliphatic rings. The molecule has 0 aromatic heterocycles. The summed E-state index contributed by atoms with van der Waals surface area (Å²) < 4.78 is 51.8. The standard InChI is InChI=1S/C15H17F4NO/c1-2-3-8-20(11-5-6-11)14(21)12-9-10(15(17,18)19)4-7-13(12)16/h4,7,9,11H,2-3,5-6,8H2,1H3. The molecule has 0 radical (unpaired) electrons. The minimum absolute atomic E-state index is 0.0398. The van der Waals surface area contributed by atoms with Gasteiger partial charge in [0.15, 0.2) is 0 Å². The first kappa shape index (κ1) is 15.8. The molecule has 0 spiro atoms. The normalized spacial score (nSPS) is 15.1. The molecule has 21 heavy (non-hydrogen) atoms. The molecule has 1 saturated carbocycles. The highest BCUT2D eigenvalue weighted by Gasteiger charge is 2.36. The van der Waals surface area contributed by atoms with Crippen LogP contribution in [-0.2, 0) is 6.18 Å². The van der Waals surface area contributed by atoms with Crippen molar-refractivity contribution in [3.05, 3.63) is 35.1 Å². The van der Waals surface area contributed by atoms with Crippen molar-refractivity contribution in [3.8, 4) is 0 Å². The summed E-state index contributed by atoms with van der Waals surface area (Å²) in [7, 11) is 0. The van der Waals surface area contributed by atoms with Crippen molar-refractivity contribution < 1.29 is 22.4 Å². The highest BCUT2D eigenvalue weighted by Crippen LogP contribution is 2.32. The van der Waals surface area contributed by atoms with Crippen LogP contribution in [0, 0.1) is 5.82 Å². The van der Waals surface area contributed by atoms with Crippen LogP contribution in [0.4, 0.5) is 17.6 Å². The van der Waals surface area contributed by atoms with Gasteiger partial charge in [0, 0.05) is 12.6 Å². The SMILES string of the molecule is CCCCN(C(=O)c1cc(C(F)(F)F)ccc1F)C1CC1. The van der Waals surface area contributed by atoms with E-state index in [1.54, 1.807) is 0 Å². The van der Waals surface area contributed by atoms with E-state index in [9.17, 15) is 22.4 Å². The molecule has 0 saturated heterocycles. The van der Waals surface area contributed by atoms with Crippen molar-refractivity contribution >= 4 is 5.91 Å². The molecule has 0 atom stereocenters.